The van der Waals surface area contributed by atoms with Crippen molar-refractivity contribution in [3.8, 4) is 0 Å². The van der Waals surface area contributed by atoms with E-state index in [1.807, 2.05) is 35.2 Å². The number of nitrogens with one attached hydrogen (secondary N) is 2. The van der Waals surface area contributed by atoms with Crippen LogP contribution in [0.3, 0.4) is 0 Å². The second-order valence-electron chi connectivity index (χ2n) is 8.79. The molecule has 1 amide bonds. The first-order chi connectivity index (χ1) is 15.7. The molecule has 2 atom stereocenters. The molecule has 1 saturated heterocycles. The molecule has 0 unspecified atom stereocenters. The highest BCUT2D eigenvalue weighted by Crippen LogP contribution is 2.29. The Hall–Kier alpha value is -2.82. The van der Waals surface area contributed by atoms with Crippen LogP contribution in [0.15, 0.2) is 72.8 Å². The fourth-order valence-corrected chi connectivity index (χ4v) is 4.93. The van der Waals surface area contributed by atoms with Gasteiger partial charge in [0, 0.05) is 36.9 Å². The Balaban J connectivity index is 1.15. The Morgan fingerprint density at radius 3 is 2.59 bits per heavy atom. The van der Waals surface area contributed by atoms with Crippen LogP contribution in [0.5, 0.6) is 0 Å². The number of hydrogen-bond acceptors (Lipinski definition) is 3. The van der Waals surface area contributed by atoms with Gasteiger partial charge in [0.25, 0.3) is 0 Å². The molecule has 2 aliphatic rings. The Kier molecular flexibility index (Phi) is 6.15. The molecule has 32 heavy (non-hydrogen) atoms. The zero-order chi connectivity index (χ0) is 21.9. The number of carbonyl (C=O) groups is 1. The van der Waals surface area contributed by atoms with Crippen LogP contribution in [-0.2, 0) is 24.3 Å². The van der Waals surface area contributed by atoms with Crippen molar-refractivity contribution >= 4 is 23.2 Å². The first kappa shape index (κ1) is 21.0. The number of anilines is 1. The number of halogens is 1. The molecule has 3 aromatic carbocycles. The first-order valence-corrected chi connectivity index (χ1v) is 11.7. The van der Waals surface area contributed by atoms with E-state index in [0.29, 0.717) is 19.0 Å². The van der Waals surface area contributed by atoms with Crippen molar-refractivity contribution < 1.29 is 4.79 Å². The van der Waals surface area contributed by atoms with Gasteiger partial charge >= 0.3 is 0 Å². The Labute approximate surface area is 194 Å². The highest BCUT2D eigenvalue weighted by Gasteiger charge is 2.34. The molecule has 2 N–H and O–H groups in total. The molecular formula is C27H28ClN3O. The van der Waals surface area contributed by atoms with Gasteiger partial charge in [0.2, 0.25) is 5.91 Å². The van der Waals surface area contributed by atoms with Gasteiger partial charge in [-0.1, -0.05) is 60.1 Å². The van der Waals surface area contributed by atoms with Gasteiger partial charge in [0.1, 0.15) is 0 Å². The number of benzene rings is 3. The lowest BCUT2D eigenvalue weighted by atomic mass is 9.96. The summed E-state index contributed by atoms with van der Waals surface area (Å²) in [6.07, 6.45) is 1.81. The normalized spacial score (nSPS) is 19.7. The lowest BCUT2D eigenvalue weighted by Crippen LogP contribution is -2.40. The van der Waals surface area contributed by atoms with Gasteiger partial charge in [-0.05, 0) is 65.3 Å². The summed E-state index contributed by atoms with van der Waals surface area (Å²) in [5.41, 5.74) is 6.23. The zero-order valence-electron chi connectivity index (χ0n) is 18.1. The second-order valence-corrected chi connectivity index (χ2v) is 9.22. The van der Waals surface area contributed by atoms with Crippen LogP contribution in [0.25, 0.3) is 0 Å². The van der Waals surface area contributed by atoms with Crippen molar-refractivity contribution in [3.05, 3.63) is 100 Å². The quantitative estimate of drug-likeness (QED) is 0.562. The van der Waals surface area contributed by atoms with Gasteiger partial charge in [-0.3, -0.25) is 4.79 Å². The topological polar surface area (TPSA) is 44.4 Å². The fourth-order valence-electron chi connectivity index (χ4n) is 4.80. The van der Waals surface area contributed by atoms with E-state index in [9.17, 15) is 4.79 Å². The van der Waals surface area contributed by atoms with Gasteiger partial charge in [0.15, 0.2) is 0 Å². The predicted octanol–water partition coefficient (Wildman–Crippen LogP) is 4.98. The minimum Gasteiger partial charge on any atom is -0.385 e. The maximum atomic E-state index is 13.2. The molecule has 164 valence electrons. The number of rotatable bonds is 6. The van der Waals surface area contributed by atoms with E-state index < -0.39 is 0 Å². The van der Waals surface area contributed by atoms with Gasteiger partial charge in [-0.15, -0.1) is 0 Å². The largest absolute Gasteiger partial charge is 0.385 e. The molecule has 4 nitrogen and oxygen atoms in total. The number of nitrogens with zero attached hydrogens (tertiary/aromatic N) is 1. The molecular weight excluding hydrogens is 418 g/mol. The van der Waals surface area contributed by atoms with Gasteiger partial charge in [0.05, 0.1) is 6.04 Å². The fraction of sp³-hybridized carbons (Fsp3) is 0.296. The Morgan fingerprint density at radius 1 is 1.00 bits per heavy atom. The minimum absolute atomic E-state index is 0.0856. The molecule has 0 radical (unpaired) electrons. The van der Waals surface area contributed by atoms with E-state index in [1.54, 1.807) is 0 Å². The minimum atomic E-state index is -0.0856. The molecule has 3 aromatic rings. The molecule has 2 heterocycles. The molecule has 1 fully saturated rings. The maximum absolute atomic E-state index is 13.2. The van der Waals surface area contributed by atoms with Crippen LogP contribution in [0.1, 0.15) is 34.6 Å². The smallest absolute Gasteiger partial charge is 0.240 e. The summed E-state index contributed by atoms with van der Waals surface area (Å²) in [7, 11) is 0. The first-order valence-electron chi connectivity index (χ1n) is 11.3. The summed E-state index contributed by atoms with van der Waals surface area (Å²) >= 11 is 5.95. The Morgan fingerprint density at radius 2 is 1.78 bits per heavy atom. The summed E-state index contributed by atoms with van der Waals surface area (Å²) in [5.74, 6) is 0.639. The van der Waals surface area contributed by atoms with Crippen molar-refractivity contribution in [2.24, 2.45) is 0 Å². The second kappa shape index (κ2) is 9.35. The molecule has 0 aromatic heterocycles. The third kappa shape index (κ3) is 4.67. The summed E-state index contributed by atoms with van der Waals surface area (Å²) in [6.45, 7) is 3.15. The SMILES string of the molecule is O=C([C@H]1C[C@@H](c2ccccc2)CN1)N1Cc2ccc(CCNc3ccc(Cl)cc3)cc2C1. The van der Waals surface area contributed by atoms with Crippen LogP contribution in [0, 0.1) is 0 Å². The highest BCUT2D eigenvalue weighted by atomic mass is 35.5. The third-order valence-corrected chi connectivity index (χ3v) is 6.84. The average molecular weight is 446 g/mol. The van der Waals surface area contributed by atoms with E-state index in [1.165, 1.54) is 22.3 Å². The predicted molar refractivity (Wildman–Crippen MR) is 130 cm³/mol. The number of fused-ring (bicyclic) bond motifs is 1. The van der Waals surface area contributed by atoms with Gasteiger partial charge in [-0.2, -0.15) is 0 Å². The van der Waals surface area contributed by atoms with Crippen LogP contribution in [0.4, 0.5) is 5.69 Å². The van der Waals surface area contributed by atoms with E-state index in [0.717, 1.165) is 36.6 Å². The molecule has 0 bridgehead atoms. The monoisotopic (exact) mass is 445 g/mol. The van der Waals surface area contributed by atoms with Crippen molar-refractivity contribution in [3.63, 3.8) is 0 Å². The number of hydrogen-bond donors (Lipinski definition) is 2. The highest BCUT2D eigenvalue weighted by molar-refractivity contribution is 6.30. The molecule has 5 heteroatoms. The van der Waals surface area contributed by atoms with Crippen molar-refractivity contribution in [2.75, 3.05) is 18.4 Å². The van der Waals surface area contributed by atoms with Gasteiger partial charge < -0.3 is 15.5 Å². The number of amides is 1. The van der Waals surface area contributed by atoms with E-state index in [4.69, 9.17) is 11.6 Å². The van der Waals surface area contributed by atoms with Crippen molar-refractivity contribution in [1.29, 1.82) is 0 Å². The zero-order valence-corrected chi connectivity index (χ0v) is 18.8. The van der Waals surface area contributed by atoms with Crippen LogP contribution < -0.4 is 10.6 Å². The number of carbonyl (C=O) groups excluding carboxylic acids is 1. The van der Waals surface area contributed by atoms with Crippen LogP contribution >= 0.6 is 11.6 Å². The van der Waals surface area contributed by atoms with Crippen LogP contribution in [0.2, 0.25) is 5.02 Å². The Bertz CT molecular complexity index is 1080. The average Bonchev–Trinajstić information content (AvgIpc) is 3.48. The standard InChI is InChI=1S/C27H28ClN3O/c28-24-8-10-25(11-9-24)29-13-12-19-6-7-21-17-31(18-23(21)14-19)27(32)26-15-22(16-30-26)20-4-2-1-3-5-20/h1-11,14,22,26,29-30H,12-13,15-18H2/t22-,26-/m1/s1. The van der Waals surface area contributed by atoms with E-state index in [-0.39, 0.29) is 11.9 Å². The summed E-state index contributed by atoms with van der Waals surface area (Å²) in [5, 5.41) is 7.64. The summed E-state index contributed by atoms with van der Waals surface area (Å²) < 4.78 is 0. The molecule has 0 aliphatic carbocycles. The molecule has 0 saturated carbocycles. The van der Waals surface area contributed by atoms with E-state index >= 15 is 0 Å². The molecule has 0 spiro atoms. The van der Waals surface area contributed by atoms with Crippen molar-refractivity contribution in [1.82, 2.24) is 10.2 Å². The van der Waals surface area contributed by atoms with Gasteiger partial charge in [-0.25, -0.2) is 0 Å². The van der Waals surface area contributed by atoms with Crippen LogP contribution in [-0.4, -0.2) is 29.9 Å². The van der Waals surface area contributed by atoms with E-state index in [2.05, 4.69) is 53.1 Å². The summed E-state index contributed by atoms with van der Waals surface area (Å²) in [4.78, 5) is 15.2. The maximum Gasteiger partial charge on any atom is 0.240 e. The van der Waals surface area contributed by atoms with Crippen molar-refractivity contribution in [2.45, 2.75) is 37.9 Å². The lowest BCUT2D eigenvalue weighted by Gasteiger charge is -2.20. The third-order valence-electron chi connectivity index (χ3n) is 6.59. The molecule has 2 aliphatic heterocycles. The molecule has 5 rings (SSSR count). The summed E-state index contributed by atoms with van der Waals surface area (Å²) in [6, 6.07) is 24.8. The lowest BCUT2D eigenvalue weighted by molar-refractivity contribution is -0.133.